The first-order valence-corrected chi connectivity index (χ1v) is 7.38. The highest BCUT2D eigenvalue weighted by atomic mass is 19.3. The Hall–Kier alpha value is -2.63. The lowest BCUT2D eigenvalue weighted by molar-refractivity contribution is -0.129. The first-order valence-electron chi connectivity index (χ1n) is 7.38. The molecule has 0 fully saturated rings. The van der Waals surface area contributed by atoms with E-state index < -0.39 is 6.61 Å². The SMILES string of the molecule is COc1ccc(CC(=O)N(C)Cc2ccc(OC(F)F)cc2)cc1. The Morgan fingerprint density at radius 3 is 2.08 bits per heavy atom. The molecule has 2 rings (SSSR count). The molecule has 0 radical (unpaired) electrons. The van der Waals surface area contributed by atoms with E-state index in [1.165, 1.54) is 12.1 Å². The van der Waals surface area contributed by atoms with Gasteiger partial charge in [0.1, 0.15) is 11.5 Å². The molecule has 0 unspecified atom stereocenters. The maximum absolute atomic E-state index is 12.3. The van der Waals surface area contributed by atoms with E-state index in [1.54, 1.807) is 31.2 Å². The number of carbonyl (C=O) groups is 1. The number of methoxy groups -OCH3 is 1. The molecule has 0 N–H and O–H groups in total. The highest BCUT2D eigenvalue weighted by molar-refractivity contribution is 5.78. The van der Waals surface area contributed by atoms with Crippen LogP contribution in [0.3, 0.4) is 0 Å². The third kappa shape index (κ3) is 5.22. The fourth-order valence-electron chi connectivity index (χ4n) is 2.19. The molecule has 0 aliphatic carbocycles. The minimum absolute atomic E-state index is 0.0342. The maximum Gasteiger partial charge on any atom is 0.387 e. The van der Waals surface area contributed by atoms with Crippen LogP contribution in [0.5, 0.6) is 11.5 Å². The van der Waals surface area contributed by atoms with Gasteiger partial charge in [-0.2, -0.15) is 8.78 Å². The Labute approximate surface area is 139 Å². The van der Waals surface area contributed by atoms with E-state index in [-0.39, 0.29) is 18.1 Å². The van der Waals surface area contributed by atoms with Crippen molar-refractivity contribution in [2.45, 2.75) is 19.6 Å². The van der Waals surface area contributed by atoms with Crippen molar-refractivity contribution in [1.29, 1.82) is 0 Å². The lowest BCUT2D eigenvalue weighted by atomic mass is 10.1. The fourth-order valence-corrected chi connectivity index (χ4v) is 2.19. The van der Waals surface area contributed by atoms with E-state index in [4.69, 9.17) is 4.74 Å². The molecule has 128 valence electrons. The summed E-state index contributed by atoms with van der Waals surface area (Å²) in [7, 11) is 3.29. The van der Waals surface area contributed by atoms with Crippen LogP contribution in [-0.4, -0.2) is 31.6 Å². The van der Waals surface area contributed by atoms with Gasteiger partial charge < -0.3 is 14.4 Å². The summed E-state index contributed by atoms with van der Waals surface area (Å²) in [5.74, 6) is 0.805. The van der Waals surface area contributed by atoms with Crippen LogP contribution in [0.15, 0.2) is 48.5 Å². The van der Waals surface area contributed by atoms with Gasteiger partial charge >= 0.3 is 6.61 Å². The highest BCUT2D eigenvalue weighted by Crippen LogP contribution is 2.16. The van der Waals surface area contributed by atoms with Crippen LogP contribution in [-0.2, 0) is 17.8 Å². The predicted molar refractivity (Wildman–Crippen MR) is 86.2 cm³/mol. The van der Waals surface area contributed by atoms with Gasteiger partial charge in [0.2, 0.25) is 5.91 Å². The van der Waals surface area contributed by atoms with Gasteiger partial charge in [0.15, 0.2) is 0 Å². The number of alkyl halides is 2. The highest BCUT2D eigenvalue weighted by Gasteiger charge is 2.11. The second kappa shape index (κ2) is 8.29. The Bertz CT molecular complexity index is 657. The van der Waals surface area contributed by atoms with Crippen molar-refractivity contribution in [2.24, 2.45) is 0 Å². The van der Waals surface area contributed by atoms with Crippen molar-refractivity contribution in [2.75, 3.05) is 14.2 Å². The van der Waals surface area contributed by atoms with Crippen LogP contribution in [0.4, 0.5) is 8.78 Å². The lowest BCUT2D eigenvalue weighted by Crippen LogP contribution is -2.27. The van der Waals surface area contributed by atoms with Gasteiger partial charge in [0, 0.05) is 13.6 Å². The summed E-state index contributed by atoms with van der Waals surface area (Å²) in [4.78, 5) is 13.8. The van der Waals surface area contributed by atoms with Crippen molar-refractivity contribution in [3.8, 4) is 11.5 Å². The number of likely N-dealkylation sites (N-methyl/N-ethyl adjacent to an activating group) is 1. The topological polar surface area (TPSA) is 38.8 Å². The fraction of sp³-hybridized carbons (Fsp3) is 0.278. The Balaban J connectivity index is 1.90. The van der Waals surface area contributed by atoms with Crippen LogP contribution in [0.2, 0.25) is 0 Å². The zero-order valence-electron chi connectivity index (χ0n) is 13.5. The molecule has 0 saturated carbocycles. The van der Waals surface area contributed by atoms with Gasteiger partial charge in [0.25, 0.3) is 0 Å². The third-order valence-corrected chi connectivity index (χ3v) is 3.51. The molecule has 0 aromatic heterocycles. The van der Waals surface area contributed by atoms with E-state index in [9.17, 15) is 13.6 Å². The molecule has 6 heteroatoms. The summed E-state index contributed by atoms with van der Waals surface area (Å²) in [6.45, 7) is -2.45. The van der Waals surface area contributed by atoms with Crippen molar-refractivity contribution >= 4 is 5.91 Å². The van der Waals surface area contributed by atoms with E-state index in [0.29, 0.717) is 6.54 Å². The number of ether oxygens (including phenoxy) is 2. The first-order chi connectivity index (χ1) is 11.5. The van der Waals surface area contributed by atoms with Gasteiger partial charge in [-0.1, -0.05) is 24.3 Å². The second-order valence-electron chi connectivity index (χ2n) is 5.30. The molecule has 0 saturated heterocycles. The molecular weight excluding hydrogens is 316 g/mol. The average Bonchev–Trinajstić information content (AvgIpc) is 2.56. The number of rotatable bonds is 7. The molecule has 0 aliphatic rings. The summed E-state index contributed by atoms with van der Waals surface area (Å²) in [6, 6.07) is 13.6. The Morgan fingerprint density at radius 1 is 1.00 bits per heavy atom. The van der Waals surface area contributed by atoms with E-state index >= 15 is 0 Å². The van der Waals surface area contributed by atoms with Crippen molar-refractivity contribution < 1.29 is 23.0 Å². The number of hydrogen-bond donors (Lipinski definition) is 0. The summed E-state index contributed by atoms with van der Waals surface area (Å²) in [6.07, 6.45) is 0.285. The maximum atomic E-state index is 12.3. The van der Waals surface area contributed by atoms with Crippen LogP contribution in [0.1, 0.15) is 11.1 Å². The minimum Gasteiger partial charge on any atom is -0.497 e. The molecule has 0 bridgehead atoms. The predicted octanol–water partition coefficient (Wildman–Crippen LogP) is 3.50. The lowest BCUT2D eigenvalue weighted by Gasteiger charge is -2.17. The second-order valence-corrected chi connectivity index (χ2v) is 5.30. The van der Waals surface area contributed by atoms with Crippen molar-refractivity contribution in [1.82, 2.24) is 4.90 Å². The van der Waals surface area contributed by atoms with Gasteiger partial charge in [-0.15, -0.1) is 0 Å². The van der Waals surface area contributed by atoms with Gasteiger partial charge in [-0.05, 0) is 35.4 Å². The Morgan fingerprint density at radius 2 is 1.54 bits per heavy atom. The molecule has 2 aromatic carbocycles. The molecule has 2 aromatic rings. The Kier molecular flexibility index (Phi) is 6.12. The van der Waals surface area contributed by atoms with E-state index in [0.717, 1.165) is 16.9 Å². The van der Waals surface area contributed by atoms with Crippen LogP contribution < -0.4 is 9.47 Å². The zero-order valence-corrected chi connectivity index (χ0v) is 13.5. The van der Waals surface area contributed by atoms with Crippen LogP contribution in [0.25, 0.3) is 0 Å². The number of hydrogen-bond acceptors (Lipinski definition) is 3. The van der Waals surface area contributed by atoms with Crippen LogP contribution >= 0.6 is 0 Å². The molecule has 0 atom stereocenters. The molecule has 0 spiro atoms. The standard InChI is InChI=1S/C18H19F2NO3/c1-21(12-14-5-9-16(10-6-14)24-18(19)20)17(22)11-13-3-7-15(23-2)8-4-13/h3-10,18H,11-12H2,1-2H3. The zero-order chi connectivity index (χ0) is 17.5. The normalized spacial score (nSPS) is 10.5. The molecular formula is C18H19F2NO3. The van der Waals surface area contributed by atoms with E-state index in [1.807, 2.05) is 24.3 Å². The summed E-state index contributed by atoms with van der Waals surface area (Å²) in [5, 5.41) is 0. The smallest absolute Gasteiger partial charge is 0.387 e. The van der Waals surface area contributed by atoms with Crippen LogP contribution in [0, 0.1) is 0 Å². The molecule has 24 heavy (non-hydrogen) atoms. The quantitative estimate of drug-likeness (QED) is 0.777. The van der Waals surface area contributed by atoms with Crippen molar-refractivity contribution in [3.63, 3.8) is 0 Å². The van der Waals surface area contributed by atoms with E-state index in [2.05, 4.69) is 4.74 Å². The number of benzene rings is 2. The molecule has 1 amide bonds. The number of amides is 1. The first kappa shape index (κ1) is 17.7. The van der Waals surface area contributed by atoms with Gasteiger partial charge in [-0.25, -0.2) is 0 Å². The minimum atomic E-state index is -2.84. The van der Waals surface area contributed by atoms with Gasteiger partial charge in [-0.3, -0.25) is 4.79 Å². The number of nitrogens with zero attached hydrogens (tertiary/aromatic N) is 1. The number of halogens is 2. The largest absolute Gasteiger partial charge is 0.497 e. The number of carbonyl (C=O) groups excluding carboxylic acids is 1. The average molecular weight is 335 g/mol. The monoisotopic (exact) mass is 335 g/mol. The molecule has 0 heterocycles. The molecule has 0 aliphatic heterocycles. The summed E-state index contributed by atoms with van der Waals surface area (Å²) in [5.41, 5.74) is 1.73. The molecule has 4 nitrogen and oxygen atoms in total. The summed E-state index contributed by atoms with van der Waals surface area (Å²) < 4.78 is 33.6. The third-order valence-electron chi connectivity index (χ3n) is 3.51. The van der Waals surface area contributed by atoms with Crippen molar-refractivity contribution in [3.05, 3.63) is 59.7 Å². The summed E-state index contributed by atoms with van der Waals surface area (Å²) >= 11 is 0. The van der Waals surface area contributed by atoms with Gasteiger partial charge in [0.05, 0.1) is 13.5 Å².